The number of rotatable bonds is 6. The maximum atomic E-state index is 11.9. The van der Waals surface area contributed by atoms with Gasteiger partial charge in [-0.2, -0.15) is 0 Å². The largest absolute Gasteiger partial charge is 0.361 e. The third-order valence-corrected chi connectivity index (χ3v) is 3.72. The molecule has 1 aromatic carbocycles. The number of fused-ring (bicyclic) bond motifs is 1. The molecule has 0 atom stereocenters. The second kappa shape index (κ2) is 5.99. The van der Waals surface area contributed by atoms with Gasteiger partial charge in [-0.05, 0) is 24.5 Å². The molecule has 110 valence electrons. The Labute approximate surface area is 123 Å². The van der Waals surface area contributed by atoms with Crippen LogP contribution in [-0.2, 0) is 16.0 Å². The van der Waals surface area contributed by atoms with Gasteiger partial charge in [0.15, 0.2) is 0 Å². The summed E-state index contributed by atoms with van der Waals surface area (Å²) in [7, 11) is 0. The quantitative estimate of drug-likeness (QED) is 0.701. The summed E-state index contributed by atoms with van der Waals surface area (Å²) in [5.41, 5.74) is 2.03. The third-order valence-electron chi connectivity index (χ3n) is 3.72. The fraction of sp³-hybridized carbons (Fsp3) is 0.375. The van der Waals surface area contributed by atoms with Crippen molar-refractivity contribution in [2.45, 2.75) is 19.3 Å². The number of aromatic amines is 1. The Bertz CT molecular complexity index is 658. The van der Waals surface area contributed by atoms with Crippen molar-refractivity contribution in [2.75, 3.05) is 13.1 Å². The Hall–Kier alpha value is -2.30. The molecule has 1 fully saturated rings. The summed E-state index contributed by atoms with van der Waals surface area (Å²) in [4.78, 5) is 26.5. The minimum Gasteiger partial charge on any atom is -0.361 e. The lowest BCUT2D eigenvalue weighted by atomic mass is 10.1. The van der Waals surface area contributed by atoms with E-state index in [1.54, 1.807) is 0 Å². The van der Waals surface area contributed by atoms with E-state index in [-0.39, 0.29) is 17.7 Å². The summed E-state index contributed by atoms with van der Waals surface area (Å²) in [6.07, 6.45) is 4.22. The highest BCUT2D eigenvalue weighted by Crippen LogP contribution is 2.28. The Morgan fingerprint density at radius 3 is 2.71 bits per heavy atom. The molecule has 5 nitrogen and oxygen atoms in total. The summed E-state index contributed by atoms with van der Waals surface area (Å²) in [5.74, 6) is 0.299. The van der Waals surface area contributed by atoms with Crippen molar-refractivity contribution in [1.29, 1.82) is 0 Å². The van der Waals surface area contributed by atoms with Gasteiger partial charge in [-0.25, -0.2) is 0 Å². The van der Waals surface area contributed by atoms with Crippen LogP contribution < -0.4 is 10.6 Å². The van der Waals surface area contributed by atoms with Crippen molar-refractivity contribution in [3.63, 3.8) is 0 Å². The maximum absolute atomic E-state index is 11.9. The molecule has 2 aromatic rings. The molecular weight excluding hydrogens is 266 g/mol. The van der Waals surface area contributed by atoms with Gasteiger partial charge < -0.3 is 15.6 Å². The summed E-state index contributed by atoms with van der Waals surface area (Å²) < 4.78 is 0. The number of benzene rings is 1. The van der Waals surface area contributed by atoms with E-state index < -0.39 is 0 Å². The zero-order valence-electron chi connectivity index (χ0n) is 11.8. The molecule has 0 spiro atoms. The number of amides is 2. The molecule has 21 heavy (non-hydrogen) atoms. The SMILES string of the molecule is O=C(Cc1c[nH]c2ccccc12)NCCNC(=O)C1CC1. The second-order valence-corrected chi connectivity index (χ2v) is 5.45. The summed E-state index contributed by atoms with van der Waals surface area (Å²) >= 11 is 0. The van der Waals surface area contributed by atoms with Gasteiger partial charge >= 0.3 is 0 Å². The van der Waals surface area contributed by atoms with Crippen LogP contribution in [0, 0.1) is 5.92 Å². The first-order valence-corrected chi connectivity index (χ1v) is 7.33. The molecule has 0 saturated heterocycles. The highest BCUT2D eigenvalue weighted by atomic mass is 16.2. The molecule has 1 aliphatic rings. The number of nitrogens with one attached hydrogen (secondary N) is 3. The Balaban J connectivity index is 1.44. The highest BCUT2D eigenvalue weighted by molar-refractivity contribution is 5.88. The molecule has 1 aliphatic carbocycles. The van der Waals surface area contributed by atoms with Gasteiger partial charge in [-0.1, -0.05) is 18.2 Å². The average Bonchev–Trinajstić information content (AvgIpc) is 3.27. The summed E-state index contributed by atoms with van der Waals surface area (Å²) in [6.45, 7) is 0.967. The Kier molecular flexibility index (Phi) is 3.90. The lowest BCUT2D eigenvalue weighted by Gasteiger charge is -2.06. The molecule has 0 aliphatic heterocycles. The van der Waals surface area contributed by atoms with Crippen molar-refractivity contribution >= 4 is 22.7 Å². The monoisotopic (exact) mass is 285 g/mol. The number of H-pyrrole nitrogens is 1. The van der Waals surface area contributed by atoms with E-state index in [1.807, 2.05) is 30.5 Å². The molecule has 0 bridgehead atoms. The van der Waals surface area contributed by atoms with E-state index in [4.69, 9.17) is 0 Å². The zero-order chi connectivity index (χ0) is 14.7. The molecule has 1 aromatic heterocycles. The Morgan fingerprint density at radius 1 is 1.14 bits per heavy atom. The first-order chi connectivity index (χ1) is 10.2. The molecule has 2 amide bonds. The van der Waals surface area contributed by atoms with Crippen LogP contribution >= 0.6 is 0 Å². The van der Waals surface area contributed by atoms with Crippen LogP contribution in [0.2, 0.25) is 0 Å². The molecule has 1 saturated carbocycles. The van der Waals surface area contributed by atoms with Gasteiger partial charge in [0, 0.05) is 36.1 Å². The van der Waals surface area contributed by atoms with E-state index in [1.165, 1.54) is 0 Å². The van der Waals surface area contributed by atoms with Crippen LogP contribution in [0.1, 0.15) is 18.4 Å². The van der Waals surface area contributed by atoms with Gasteiger partial charge in [0.1, 0.15) is 0 Å². The minimum absolute atomic E-state index is 0.0274. The molecule has 0 unspecified atom stereocenters. The number of carbonyl (C=O) groups is 2. The molecule has 3 rings (SSSR count). The fourth-order valence-electron chi connectivity index (χ4n) is 2.39. The van der Waals surface area contributed by atoms with Crippen molar-refractivity contribution < 1.29 is 9.59 Å². The topological polar surface area (TPSA) is 74.0 Å². The second-order valence-electron chi connectivity index (χ2n) is 5.45. The first kappa shape index (κ1) is 13.7. The zero-order valence-corrected chi connectivity index (χ0v) is 11.8. The van der Waals surface area contributed by atoms with Crippen molar-refractivity contribution in [2.24, 2.45) is 5.92 Å². The standard InChI is InChI=1S/C16H19N3O2/c20-15(17-7-8-18-16(21)11-5-6-11)9-12-10-19-14-4-2-1-3-13(12)14/h1-4,10-11,19H,5-9H2,(H,17,20)(H,18,21). The molecule has 5 heteroatoms. The maximum Gasteiger partial charge on any atom is 0.224 e. The van der Waals surface area contributed by atoms with E-state index >= 15 is 0 Å². The van der Waals surface area contributed by atoms with Crippen molar-refractivity contribution in [3.8, 4) is 0 Å². The molecule has 1 heterocycles. The van der Waals surface area contributed by atoms with Gasteiger partial charge in [-0.3, -0.25) is 9.59 Å². The van der Waals surface area contributed by atoms with E-state index in [2.05, 4.69) is 15.6 Å². The lowest BCUT2D eigenvalue weighted by Crippen LogP contribution is -2.35. The number of carbonyl (C=O) groups excluding carboxylic acids is 2. The number of hydrogen-bond acceptors (Lipinski definition) is 2. The van der Waals surface area contributed by atoms with Gasteiger partial charge in [-0.15, -0.1) is 0 Å². The van der Waals surface area contributed by atoms with Gasteiger partial charge in [0.2, 0.25) is 11.8 Å². The van der Waals surface area contributed by atoms with Crippen LogP contribution in [0.3, 0.4) is 0 Å². The minimum atomic E-state index is -0.0274. The summed E-state index contributed by atoms with van der Waals surface area (Å²) in [6, 6.07) is 7.92. The fourth-order valence-corrected chi connectivity index (χ4v) is 2.39. The molecule has 0 radical (unpaired) electrons. The average molecular weight is 285 g/mol. The van der Waals surface area contributed by atoms with Crippen LogP contribution in [0.4, 0.5) is 0 Å². The van der Waals surface area contributed by atoms with Crippen LogP contribution in [0.25, 0.3) is 10.9 Å². The highest BCUT2D eigenvalue weighted by Gasteiger charge is 2.28. The predicted octanol–water partition coefficient (Wildman–Crippen LogP) is 1.35. The number of hydrogen-bond donors (Lipinski definition) is 3. The third kappa shape index (κ3) is 3.42. The molecular formula is C16H19N3O2. The van der Waals surface area contributed by atoms with Crippen molar-refractivity contribution in [1.82, 2.24) is 15.6 Å². The van der Waals surface area contributed by atoms with Crippen LogP contribution in [-0.4, -0.2) is 29.9 Å². The van der Waals surface area contributed by atoms with Gasteiger partial charge in [0.05, 0.1) is 6.42 Å². The van der Waals surface area contributed by atoms with E-state index in [0.717, 1.165) is 29.3 Å². The van der Waals surface area contributed by atoms with E-state index in [0.29, 0.717) is 19.5 Å². The summed E-state index contributed by atoms with van der Waals surface area (Å²) in [5, 5.41) is 6.74. The Morgan fingerprint density at radius 2 is 1.90 bits per heavy atom. The van der Waals surface area contributed by atoms with Crippen molar-refractivity contribution in [3.05, 3.63) is 36.0 Å². The van der Waals surface area contributed by atoms with Gasteiger partial charge in [0.25, 0.3) is 0 Å². The number of para-hydroxylation sites is 1. The first-order valence-electron chi connectivity index (χ1n) is 7.33. The normalized spacial score (nSPS) is 14.1. The van der Waals surface area contributed by atoms with Crippen LogP contribution in [0.5, 0.6) is 0 Å². The lowest BCUT2D eigenvalue weighted by molar-refractivity contribution is -0.123. The smallest absolute Gasteiger partial charge is 0.224 e. The van der Waals surface area contributed by atoms with E-state index in [9.17, 15) is 9.59 Å². The predicted molar refractivity (Wildman–Crippen MR) is 80.7 cm³/mol. The molecule has 3 N–H and O–H groups in total. The number of aromatic nitrogens is 1. The van der Waals surface area contributed by atoms with Crippen LogP contribution in [0.15, 0.2) is 30.5 Å².